The van der Waals surface area contributed by atoms with Crippen LogP contribution in [-0.2, 0) is 4.74 Å². The smallest absolute Gasteiger partial charge is 0.126 e. The van der Waals surface area contributed by atoms with Crippen molar-refractivity contribution in [2.45, 2.75) is 20.0 Å². The van der Waals surface area contributed by atoms with E-state index in [1.165, 1.54) is 6.07 Å². The van der Waals surface area contributed by atoms with E-state index in [-0.39, 0.29) is 5.82 Å². The number of hydrogen-bond donors (Lipinski definition) is 1. The maximum atomic E-state index is 13.5. The molecule has 0 heterocycles. The van der Waals surface area contributed by atoms with Gasteiger partial charge in [-0.3, -0.25) is 0 Å². The summed E-state index contributed by atoms with van der Waals surface area (Å²) in [6.45, 7) is 4.64. The zero-order valence-corrected chi connectivity index (χ0v) is 10.8. The van der Waals surface area contributed by atoms with Crippen LogP contribution in [0.2, 0.25) is 0 Å². The highest BCUT2D eigenvalue weighted by Gasteiger charge is 2.14. The van der Waals surface area contributed by atoms with Crippen molar-refractivity contribution in [2.75, 3.05) is 32.2 Å². The van der Waals surface area contributed by atoms with Gasteiger partial charge in [0.1, 0.15) is 5.82 Å². The molecule has 1 rings (SSSR count). The Balaban J connectivity index is 3.07. The molecule has 17 heavy (non-hydrogen) atoms. The number of halogens is 1. The Morgan fingerprint density at radius 3 is 2.65 bits per heavy atom. The second-order valence-electron chi connectivity index (χ2n) is 4.25. The van der Waals surface area contributed by atoms with Crippen molar-refractivity contribution in [1.82, 2.24) is 0 Å². The van der Waals surface area contributed by atoms with Gasteiger partial charge in [-0.2, -0.15) is 0 Å². The molecule has 4 heteroatoms. The van der Waals surface area contributed by atoms with Gasteiger partial charge in [0.05, 0.1) is 12.7 Å². The summed E-state index contributed by atoms with van der Waals surface area (Å²) in [5, 5.41) is 9.67. The van der Waals surface area contributed by atoms with Gasteiger partial charge in [0, 0.05) is 32.0 Å². The Morgan fingerprint density at radius 1 is 1.47 bits per heavy atom. The average molecular weight is 241 g/mol. The van der Waals surface area contributed by atoms with Gasteiger partial charge in [0.2, 0.25) is 0 Å². The normalized spacial score (nSPS) is 12.6. The Morgan fingerprint density at radius 2 is 2.12 bits per heavy atom. The van der Waals surface area contributed by atoms with Crippen molar-refractivity contribution in [3.05, 3.63) is 29.1 Å². The number of rotatable bonds is 5. The van der Waals surface area contributed by atoms with E-state index in [4.69, 9.17) is 4.74 Å². The number of anilines is 1. The minimum Gasteiger partial charge on any atom is -0.389 e. The van der Waals surface area contributed by atoms with E-state index in [1.807, 2.05) is 11.9 Å². The summed E-state index contributed by atoms with van der Waals surface area (Å²) in [6, 6.07) is 3.16. The number of hydrogen-bond acceptors (Lipinski definition) is 3. The molecular weight excluding hydrogens is 221 g/mol. The predicted molar refractivity (Wildman–Crippen MR) is 66.9 cm³/mol. The molecule has 0 fully saturated rings. The van der Waals surface area contributed by atoms with Crippen molar-refractivity contribution in [3.8, 4) is 0 Å². The average Bonchev–Trinajstić information content (AvgIpc) is 2.28. The fraction of sp³-hybridized carbons (Fsp3) is 0.538. The van der Waals surface area contributed by atoms with Crippen LogP contribution in [0.15, 0.2) is 12.1 Å². The molecular formula is C13H20FNO2. The van der Waals surface area contributed by atoms with E-state index in [0.717, 1.165) is 5.69 Å². The number of benzene rings is 1. The van der Waals surface area contributed by atoms with Crippen LogP contribution in [0.1, 0.15) is 24.2 Å². The standard InChI is InChI=1S/C13H20FNO2/c1-9-7-13(15(3)5-6-17-4)11(10(2)16)8-12(9)14/h7-8,10,16H,5-6H2,1-4H3. The molecule has 3 nitrogen and oxygen atoms in total. The molecule has 1 aromatic rings. The fourth-order valence-electron chi connectivity index (χ4n) is 1.70. The number of aryl methyl sites for hydroxylation is 1. The largest absolute Gasteiger partial charge is 0.389 e. The van der Waals surface area contributed by atoms with Crippen LogP contribution in [0.5, 0.6) is 0 Å². The van der Waals surface area contributed by atoms with E-state index in [9.17, 15) is 9.50 Å². The molecule has 0 saturated heterocycles. The van der Waals surface area contributed by atoms with Gasteiger partial charge in [-0.05, 0) is 31.5 Å². The van der Waals surface area contributed by atoms with Crippen LogP contribution in [-0.4, -0.2) is 32.4 Å². The summed E-state index contributed by atoms with van der Waals surface area (Å²) in [5.74, 6) is -0.287. The Kier molecular flexibility index (Phi) is 4.90. The first kappa shape index (κ1) is 13.9. The van der Waals surface area contributed by atoms with Crippen molar-refractivity contribution in [1.29, 1.82) is 0 Å². The van der Waals surface area contributed by atoms with E-state index in [0.29, 0.717) is 24.3 Å². The molecule has 0 aliphatic heterocycles. The third-order valence-electron chi connectivity index (χ3n) is 2.80. The zero-order valence-electron chi connectivity index (χ0n) is 10.8. The van der Waals surface area contributed by atoms with Crippen molar-refractivity contribution in [3.63, 3.8) is 0 Å². The fourth-order valence-corrected chi connectivity index (χ4v) is 1.70. The molecule has 96 valence electrons. The molecule has 1 atom stereocenters. The summed E-state index contributed by atoms with van der Waals surface area (Å²) in [5.41, 5.74) is 2.02. The highest BCUT2D eigenvalue weighted by Crippen LogP contribution is 2.28. The molecule has 0 radical (unpaired) electrons. The van der Waals surface area contributed by atoms with E-state index >= 15 is 0 Å². The SMILES string of the molecule is COCCN(C)c1cc(C)c(F)cc1C(C)O. The molecule has 1 N–H and O–H groups in total. The molecule has 1 aromatic carbocycles. The summed E-state index contributed by atoms with van der Waals surface area (Å²) in [6.07, 6.45) is -0.690. The second kappa shape index (κ2) is 5.98. The van der Waals surface area contributed by atoms with Crippen LogP contribution in [0.3, 0.4) is 0 Å². The lowest BCUT2D eigenvalue weighted by atomic mass is 10.0. The number of likely N-dealkylation sites (N-methyl/N-ethyl adjacent to an activating group) is 1. The Hall–Kier alpha value is -1.13. The first-order valence-corrected chi connectivity index (χ1v) is 5.65. The zero-order chi connectivity index (χ0) is 13.0. The summed E-state index contributed by atoms with van der Waals surface area (Å²) in [7, 11) is 3.54. The first-order chi connectivity index (χ1) is 7.97. The van der Waals surface area contributed by atoms with E-state index in [1.54, 1.807) is 27.0 Å². The number of methoxy groups -OCH3 is 1. The van der Waals surface area contributed by atoms with Crippen LogP contribution < -0.4 is 4.90 Å². The Labute approximate surface area is 102 Å². The van der Waals surface area contributed by atoms with Gasteiger partial charge < -0.3 is 14.7 Å². The third kappa shape index (κ3) is 3.41. The van der Waals surface area contributed by atoms with Gasteiger partial charge in [-0.1, -0.05) is 0 Å². The van der Waals surface area contributed by atoms with Gasteiger partial charge in [-0.25, -0.2) is 4.39 Å². The van der Waals surface area contributed by atoms with Gasteiger partial charge in [-0.15, -0.1) is 0 Å². The molecule has 0 amide bonds. The van der Waals surface area contributed by atoms with Gasteiger partial charge in [0.25, 0.3) is 0 Å². The van der Waals surface area contributed by atoms with Crippen molar-refractivity contribution >= 4 is 5.69 Å². The quantitative estimate of drug-likeness (QED) is 0.858. The van der Waals surface area contributed by atoms with Crippen molar-refractivity contribution in [2.24, 2.45) is 0 Å². The maximum absolute atomic E-state index is 13.5. The van der Waals surface area contributed by atoms with Crippen molar-refractivity contribution < 1.29 is 14.2 Å². The van der Waals surface area contributed by atoms with Crippen LogP contribution in [0.4, 0.5) is 10.1 Å². The molecule has 0 aromatic heterocycles. The van der Waals surface area contributed by atoms with Gasteiger partial charge in [0.15, 0.2) is 0 Å². The lowest BCUT2D eigenvalue weighted by Crippen LogP contribution is -2.24. The lowest BCUT2D eigenvalue weighted by Gasteiger charge is -2.24. The highest BCUT2D eigenvalue weighted by atomic mass is 19.1. The topological polar surface area (TPSA) is 32.7 Å². The molecule has 1 unspecified atom stereocenters. The number of aliphatic hydroxyl groups excluding tert-OH is 1. The summed E-state index contributed by atoms with van der Waals surface area (Å²) in [4.78, 5) is 1.96. The van der Waals surface area contributed by atoms with Crippen LogP contribution in [0.25, 0.3) is 0 Å². The maximum Gasteiger partial charge on any atom is 0.126 e. The minimum absolute atomic E-state index is 0.287. The molecule has 0 saturated carbocycles. The summed E-state index contributed by atoms with van der Waals surface area (Å²) < 4.78 is 18.5. The molecule has 0 aliphatic rings. The third-order valence-corrected chi connectivity index (χ3v) is 2.80. The predicted octanol–water partition coefficient (Wildman–Crippen LogP) is 2.27. The first-order valence-electron chi connectivity index (χ1n) is 5.65. The lowest BCUT2D eigenvalue weighted by molar-refractivity contribution is 0.197. The summed E-state index contributed by atoms with van der Waals surface area (Å²) >= 11 is 0. The molecule has 0 bridgehead atoms. The second-order valence-corrected chi connectivity index (χ2v) is 4.25. The monoisotopic (exact) mass is 241 g/mol. The number of nitrogens with zero attached hydrogens (tertiary/aromatic N) is 1. The van der Waals surface area contributed by atoms with Gasteiger partial charge >= 0.3 is 0 Å². The Bertz CT molecular complexity index is 380. The van der Waals surface area contributed by atoms with E-state index in [2.05, 4.69) is 0 Å². The van der Waals surface area contributed by atoms with Crippen LogP contribution in [0, 0.1) is 12.7 Å². The van der Waals surface area contributed by atoms with Crippen LogP contribution >= 0.6 is 0 Å². The number of aliphatic hydroxyl groups is 1. The van der Waals surface area contributed by atoms with E-state index < -0.39 is 6.10 Å². The minimum atomic E-state index is -0.690. The molecule has 0 spiro atoms. The highest BCUT2D eigenvalue weighted by molar-refractivity contribution is 5.56. The molecule has 0 aliphatic carbocycles. The number of ether oxygens (including phenoxy) is 1.